The minimum atomic E-state index is -0.568. The van der Waals surface area contributed by atoms with Gasteiger partial charge in [-0.1, -0.05) is 17.7 Å². The van der Waals surface area contributed by atoms with Crippen molar-refractivity contribution in [2.45, 2.75) is 46.0 Å². The van der Waals surface area contributed by atoms with Gasteiger partial charge < -0.3 is 14.4 Å². The maximum atomic E-state index is 12.5. The van der Waals surface area contributed by atoms with Crippen LogP contribution in [0.4, 0.5) is 0 Å². The lowest BCUT2D eigenvalue weighted by atomic mass is 10.2. The van der Waals surface area contributed by atoms with Crippen molar-refractivity contribution in [2.24, 2.45) is 0 Å². The van der Waals surface area contributed by atoms with Gasteiger partial charge in [0.1, 0.15) is 5.75 Å². The Morgan fingerprint density at radius 3 is 2.62 bits per heavy atom. The van der Waals surface area contributed by atoms with Gasteiger partial charge in [-0.15, -0.1) is 0 Å². The monoisotopic (exact) mass is 311 g/mol. The summed E-state index contributed by atoms with van der Waals surface area (Å²) in [7, 11) is 0. The molecule has 1 aromatic rings. The Balaban J connectivity index is 2.04. The third kappa shape index (κ3) is 4.11. The number of carbonyl (C=O) groups is 1. The lowest BCUT2D eigenvalue weighted by Gasteiger charge is -2.36. The molecule has 0 radical (unpaired) electrons. The van der Waals surface area contributed by atoms with Gasteiger partial charge in [0.05, 0.1) is 17.2 Å². The van der Waals surface area contributed by atoms with E-state index in [1.54, 1.807) is 17.9 Å². The Morgan fingerprint density at radius 1 is 1.38 bits per heavy atom. The van der Waals surface area contributed by atoms with Gasteiger partial charge in [0.25, 0.3) is 5.91 Å². The molecule has 0 unspecified atom stereocenters. The average molecular weight is 312 g/mol. The fourth-order valence-corrected chi connectivity index (χ4v) is 2.72. The second kappa shape index (κ2) is 6.67. The van der Waals surface area contributed by atoms with E-state index < -0.39 is 6.10 Å². The molecule has 0 N–H and O–H groups in total. The number of amides is 1. The van der Waals surface area contributed by atoms with Crippen molar-refractivity contribution in [3.8, 4) is 5.75 Å². The molecule has 0 spiro atoms. The second-order valence-electron chi connectivity index (χ2n) is 5.69. The summed E-state index contributed by atoms with van der Waals surface area (Å²) in [5, 5.41) is 0.518. The van der Waals surface area contributed by atoms with Gasteiger partial charge in [-0.2, -0.15) is 0 Å². The molecule has 5 heteroatoms. The molecule has 116 valence electrons. The first-order chi connectivity index (χ1) is 9.86. The topological polar surface area (TPSA) is 38.8 Å². The number of ether oxygens (including phenoxy) is 2. The number of carbonyl (C=O) groups excluding carboxylic acids is 1. The predicted octanol–water partition coefficient (Wildman–Crippen LogP) is 3.05. The first-order valence-electron chi connectivity index (χ1n) is 7.24. The zero-order chi connectivity index (χ0) is 15.6. The maximum Gasteiger partial charge on any atom is 0.263 e. The number of benzene rings is 1. The molecule has 1 fully saturated rings. The minimum Gasteiger partial charge on any atom is -0.479 e. The summed E-state index contributed by atoms with van der Waals surface area (Å²) in [5.74, 6) is 0.515. The molecular weight excluding hydrogens is 290 g/mol. The van der Waals surface area contributed by atoms with Crippen molar-refractivity contribution in [1.82, 2.24) is 4.90 Å². The molecule has 3 atom stereocenters. The molecule has 1 aliphatic rings. The quantitative estimate of drug-likeness (QED) is 0.861. The van der Waals surface area contributed by atoms with E-state index in [1.165, 1.54) is 0 Å². The van der Waals surface area contributed by atoms with Gasteiger partial charge in [-0.05, 0) is 45.4 Å². The van der Waals surface area contributed by atoms with E-state index >= 15 is 0 Å². The molecule has 0 saturated carbocycles. The third-order valence-corrected chi connectivity index (χ3v) is 3.78. The zero-order valence-corrected chi connectivity index (χ0v) is 13.7. The highest BCUT2D eigenvalue weighted by molar-refractivity contribution is 6.32. The number of nitrogens with zero attached hydrogens (tertiary/aromatic N) is 1. The number of halogens is 1. The molecule has 1 aliphatic heterocycles. The highest BCUT2D eigenvalue weighted by atomic mass is 35.5. The molecule has 1 aromatic carbocycles. The summed E-state index contributed by atoms with van der Waals surface area (Å²) in [4.78, 5) is 14.3. The standard InChI is InChI=1S/C16H22ClNO3/c1-10-5-6-14(17)15(7-10)21-13(4)16(19)18-8-11(2)20-12(3)9-18/h5-7,11-13H,8-9H2,1-4H3/t11-,12-,13+/m1/s1. The van der Waals surface area contributed by atoms with Crippen LogP contribution >= 0.6 is 11.6 Å². The van der Waals surface area contributed by atoms with E-state index in [0.717, 1.165) is 5.56 Å². The van der Waals surface area contributed by atoms with Gasteiger partial charge in [-0.25, -0.2) is 0 Å². The molecule has 2 rings (SSSR count). The first kappa shape index (κ1) is 16.1. The molecular formula is C16H22ClNO3. The van der Waals surface area contributed by atoms with E-state index in [0.29, 0.717) is 23.9 Å². The Labute approximate surface area is 131 Å². The normalized spacial score (nSPS) is 23.8. The fourth-order valence-electron chi connectivity index (χ4n) is 2.56. The first-order valence-corrected chi connectivity index (χ1v) is 7.61. The van der Waals surface area contributed by atoms with Crippen LogP contribution in [0, 0.1) is 6.92 Å². The SMILES string of the molecule is Cc1ccc(Cl)c(O[C@@H](C)C(=O)N2C[C@@H](C)O[C@H](C)C2)c1. The maximum absolute atomic E-state index is 12.5. The van der Waals surface area contributed by atoms with Gasteiger partial charge in [0.15, 0.2) is 6.10 Å². The van der Waals surface area contributed by atoms with Gasteiger partial charge in [-0.3, -0.25) is 4.79 Å². The number of morpholine rings is 1. The lowest BCUT2D eigenvalue weighted by Crippen LogP contribution is -2.51. The summed E-state index contributed by atoms with van der Waals surface area (Å²) in [6, 6.07) is 5.53. The largest absolute Gasteiger partial charge is 0.479 e. The van der Waals surface area contributed by atoms with Crippen LogP contribution in [0.5, 0.6) is 5.75 Å². The molecule has 1 amide bonds. The molecule has 1 saturated heterocycles. The van der Waals surface area contributed by atoms with Gasteiger partial charge in [0, 0.05) is 13.1 Å². The van der Waals surface area contributed by atoms with E-state index in [9.17, 15) is 4.79 Å². The van der Waals surface area contributed by atoms with Crippen LogP contribution < -0.4 is 4.74 Å². The van der Waals surface area contributed by atoms with E-state index in [2.05, 4.69) is 0 Å². The highest BCUT2D eigenvalue weighted by Gasteiger charge is 2.29. The average Bonchev–Trinajstić information content (AvgIpc) is 2.41. The molecule has 0 aliphatic carbocycles. The zero-order valence-electron chi connectivity index (χ0n) is 12.9. The van der Waals surface area contributed by atoms with Crippen LogP contribution in [-0.2, 0) is 9.53 Å². The smallest absolute Gasteiger partial charge is 0.263 e. The van der Waals surface area contributed by atoms with Crippen LogP contribution in [0.15, 0.2) is 18.2 Å². The Morgan fingerprint density at radius 2 is 2.00 bits per heavy atom. The van der Waals surface area contributed by atoms with Crippen LogP contribution in [0.1, 0.15) is 26.3 Å². The summed E-state index contributed by atoms with van der Waals surface area (Å²) < 4.78 is 11.4. The summed E-state index contributed by atoms with van der Waals surface area (Å²) in [6.07, 6.45) is -0.471. The number of hydrogen-bond acceptors (Lipinski definition) is 3. The van der Waals surface area contributed by atoms with Crippen molar-refractivity contribution < 1.29 is 14.3 Å². The fraction of sp³-hybridized carbons (Fsp3) is 0.562. The van der Waals surface area contributed by atoms with Crippen molar-refractivity contribution in [3.05, 3.63) is 28.8 Å². The third-order valence-electron chi connectivity index (χ3n) is 3.47. The lowest BCUT2D eigenvalue weighted by molar-refractivity contribution is -0.149. The Hall–Kier alpha value is -1.26. The highest BCUT2D eigenvalue weighted by Crippen LogP contribution is 2.26. The summed E-state index contributed by atoms with van der Waals surface area (Å²) in [6.45, 7) is 8.85. The van der Waals surface area contributed by atoms with Crippen molar-refractivity contribution in [2.75, 3.05) is 13.1 Å². The van der Waals surface area contributed by atoms with E-state index in [1.807, 2.05) is 32.9 Å². The van der Waals surface area contributed by atoms with Crippen molar-refractivity contribution in [1.29, 1.82) is 0 Å². The van der Waals surface area contributed by atoms with Crippen molar-refractivity contribution in [3.63, 3.8) is 0 Å². The number of rotatable bonds is 3. The summed E-state index contributed by atoms with van der Waals surface area (Å²) in [5.41, 5.74) is 1.04. The molecule has 0 aromatic heterocycles. The van der Waals surface area contributed by atoms with Crippen LogP contribution in [0.3, 0.4) is 0 Å². The molecule has 21 heavy (non-hydrogen) atoms. The minimum absolute atomic E-state index is 0.0328. The Kier molecular flexibility index (Phi) is 5.12. The second-order valence-corrected chi connectivity index (χ2v) is 6.10. The predicted molar refractivity (Wildman–Crippen MR) is 82.9 cm³/mol. The van der Waals surface area contributed by atoms with E-state index in [-0.39, 0.29) is 18.1 Å². The van der Waals surface area contributed by atoms with Crippen LogP contribution in [0.25, 0.3) is 0 Å². The molecule has 4 nitrogen and oxygen atoms in total. The number of hydrogen-bond donors (Lipinski definition) is 0. The Bertz CT molecular complexity index is 510. The van der Waals surface area contributed by atoms with Crippen molar-refractivity contribution >= 4 is 17.5 Å². The van der Waals surface area contributed by atoms with Gasteiger partial charge in [0.2, 0.25) is 0 Å². The summed E-state index contributed by atoms with van der Waals surface area (Å²) >= 11 is 6.11. The van der Waals surface area contributed by atoms with Gasteiger partial charge >= 0.3 is 0 Å². The molecule has 0 bridgehead atoms. The molecule has 1 heterocycles. The number of aryl methyl sites for hydroxylation is 1. The van der Waals surface area contributed by atoms with E-state index in [4.69, 9.17) is 21.1 Å². The van der Waals surface area contributed by atoms with Crippen LogP contribution in [0.2, 0.25) is 5.02 Å². The van der Waals surface area contributed by atoms with Crippen LogP contribution in [-0.4, -0.2) is 42.2 Å².